The van der Waals surface area contributed by atoms with E-state index in [4.69, 9.17) is 0 Å². The fourth-order valence-electron chi connectivity index (χ4n) is 3.88. The molecule has 140 valence electrons. The number of piperidine rings is 1. The van der Waals surface area contributed by atoms with Gasteiger partial charge in [0.2, 0.25) is 5.91 Å². The topological polar surface area (TPSA) is 86.7 Å². The highest BCUT2D eigenvalue weighted by molar-refractivity contribution is 5.94. The Morgan fingerprint density at radius 2 is 1.81 bits per heavy atom. The molecule has 1 aliphatic heterocycles. The fraction of sp³-hybridized carbons (Fsp3) is 0.526. The van der Waals surface area contributed by atoms with E-state index < -0.39 is 17.7 Å². The van der Waals surface area contributed by atoms with E-state index in [2.05, 4.69) is 5.32 Å². The molecule has 1 heterocycles. The molecule has 2 aliphatic rings. The summed E-state index contributed by atoms with van der Waals surface area (Å²) >= 11 is 0. The highest BCUT2D eigenvalue weighted by atomic mass is 19.1. The van der Waals surface area contributed by atoms with Crippen molar-refractivity contribution in [3.05, 3.63) is 35.6 Å². The summed E-state index contributed by atoms with van der Waals surface area (Å²) < 4.78 is 13.0. The Morgan fingerprint density at radius 3 is 2.50 bits per heavy atom. The SMILES string of the molecule is O=C(N[C@H]1CCC[C@H]1C(=O)O)C1CCCN(C(=O)c2ccc(F)cc2)C1. The third-order valence-corrected chi connectivity index (χ3v) is 5.33. The highest BCUT2D eigenvalue weighted by Gasteiger charge is 2.36. The minimum atomic E-state index is -0.871. The van der Waals surface area contributed by atoms with Crippen LogP contribution in [-0.2, 0) is 9.59 Å². The normalized spacial score (nSPS) is 25.7. The van der Waals surface area contributed by atoms with Crippen molar-refractivity contribution < 1.29 is 23.9 Å². The van der Waals surface area contributed by atoms with E-state index in [1.54, 1.807) is 4.90 Å². The van der Waals surface area contributed by atoms with Crippen molar-refractivity contribution in [3.8, 4) is 0 Å². The van der Waals surface area contributed by atoms with Crippen molar-refractivity contribution in [3.63, 3.8) is 0 Å². The van der Waals surface area contributed by atoms with Crippen LogP contribution in [0.2, 0.25) is 0 Å². The molecular formula is C19H23FN2O4. The summed E-state index contributed by atoms with van der Waals surface area (Å²) in [5.41, 5.74) is 0.397. The zero-order chi connectivity index (χ0) is 18.7. The lowest BCUT2D eigenvalue weighted by Crippen LogP contribution is -2.49. The Hall–Kier alpha value is -2.44. The van der Waals surface area contributed by atoms with Gasteiger partial charge in [-0.15, -0.1) is 0 Å². The number of nitrogens with zero attached hydrogens (tertiary/aromatic N) is 1. The van der Waals surface area contributed by atoms with E-state index in [1.807, 2.05) is 0 Å². The van der Waals surface area contributed by atoms with Gasteiger partial charge < -0.3 is 15.3 Å². The fourth-order valence-corrected chi connectivity index (χ4v) is 3.88. The monoisotopic (exact) mass is 362 g/mol. The Bertz CT molecular complexity index is 691. The van der Waals surface area contributed by atoms with Crippen molar-refractivity contribution in [2.45, 2.75) is 38.1 Å². The molecule has 26 heavy (non-hydrogen) atoms. The van der Waals surface area contributed by atoms with Gasteiger partial charge in [0.25, 0.3) is 5.91 Å². The van der Waals surface area contributed by atoms with Gasteiger partial charge in [0.15, 0.2) is 0 Å². The number of benzene rings is 1. The maximum atomic E-state index is 13.0. The number of likely N-dealkylation sites (tertiary alicyclic amines) is 1. The van der Waals surface area contributed by atoms with Crippen LogP contribution in [0, 0.1) is 17.7 Å². The predicted octanol–water partition coefficient (Wildman–Crippen LogP) is 2.05. The molecule has 1 aliphatic carbocycles. The second-order valence-electron chi connectivity index (χ2n) is 7.09. The van der Waals surface area contributed by atoms with Crippen molar-refractivity contribution in [1.29, 1.82) is 0 Å². The molecule has 3 rings (SSSR count). The van der Waals surface area contributed by atoms with Gasteiger partial charge >= 0.3 is 5.97 Å². The maximum absolute atomic E-state index is 13.0. The molecule has 0 bridgehead atoms. The van der Waals surface area contributed by atoms with E-state index in [9.17, 15) is 23.9 Å². The van der Waals surface area contributed by atoms with Crippen LogP contribution >= 0.6 is 0 Å². The number of carboxylic acid groups (broad SMARTS) is 1. The van der Waals surface area contributed by atoms with E-state index in [-0.39, 0.29) is 23.8 Å². The molecule has 7 heteroatoms. The summed E-state index contributed by atoms with van der Waals surface area (Å²) in [5.74, 6) is -2.54. The third-order valence-electron chi connectivity index (χ3n) is 5.33. The second-order valence-corrected chi connectivity index (χ2v) is 7.09. The minimum absolute atomic E-state index is 0.181. The minimum Gasteiger partial charge on any atom is -0.481 e. The summed E-state index contributed by atoms with van der Waals surface area (Å²) in [7, 11) is 0. The van der Waals surface area contributed by atoms with Crippen LogP contribution in [0.3, 0.4) is 0 Å². The van der Waals surface area contributed by atoms with Gasteiger partial charge in [-0.3, -0.25) is 14.4 Å². The van der Waals surface area contributed by atoms with Crippen LogP contribution < -0.4 is 5.32 Å². The smallest absolute Gasteiger partial charge is 0.308 e. The number of halogens is 1. The molecule has 3 atom stereocenters. The van der Waals surface area contributed by atoms with Crippen molar-refractivity contribution in [1.82, 2.24) is 10.2 Å². The van der Waals surface area contributed by atoms with Gasteiger partial charge in [0.1, 0.15) is 5.82 Å². The molecule has 6 nitrogen and oxygen atoms in total. The first-order valence-corrected chi connectivity index (χ1v) is 9.03. The summed E-state index contributed by atoms with van der Waals surface area (Å²) in [6, 6.07) is 5.04. The lowest BCUT2D eigenvalue weighted by Gasteiger charge is -2.33. The standard InChI is InChI=1S/C19H23FN2O4/c20-14-8-6-12(7-9-14)18(24)22-10-2-3-13(11-22)17(23)21-16-5-1-4-15(16)19(25)26/h6-9,13,15-16H,1-5,10-11H2,(H,21,23)(H,25,26)/t13?,15-,16+/m1/s1. The molecule has 0 aromatic heterocycles. The Morgan fingerprint density at radius 1 is 1.08 bits per heavy atom. The van der Waals surface area contributed by atoms with Crippen LogP contribution in [0.15, 0.2) is 24.3 Å². The number of rotatable bonds is 4. The Labute approximate surface area is 151 Å². The number of nitrogens with one attached hydrogen (secondary N) is 1. The lowest BCUT2D eigenvalue weighted by molar-refractivity contribution is -0.142. The Balaban J connectivity index is 1.60. The second kappa shape index (κ2) is 7.85. The molecule has 0 radical (unpaired) electrons. The van der Waals surface area contributed by atoms with Gasteiger partial charge in [-0.25, -0.2) is 4.39 Å². The first kappa shape index (κ1) is 18.4. The van der Waals surface area contributed by atoms with Crippen molar-refractivity contribution in [2.24, 2.45) is 11.8 Å². The van der Waals surface area contributed by atoms with Crippen LogP contribution in [-0.4, -0.2) is 46.9 Å². The predicted molar refractivity (Wildman–Crippen MR) is 91.9 cm³/mol. The molecule has 2 fully saturated rings. The number of hydrogen-bond donors (Lipinski definition) is 2. The van der Waals surface area contributed by atoms with Crippen molar-refractivity contribution in [2.75, 3.05) is 13.1 Å². The largest absolute Gasteiger partial charge is 0.481 e. The molecule has 2 N–H and O–H groups in total. The Kier molecular flexibility index (Phi) is 5.54. The summed E-state index contributed by atoms with van der Waals surface area (Å²) in [4.78, 5) is 38.0. The lowest BCUT2D eigenvalue weighted by atomic mass is 9.95. The van der Waals surface area contributed by atoms with Crippen LogP contribution in [0.1, 0.15) is 42.5 Å². The number of carboxylic acids is 1. The number of amides is 2. The van der Waals surface area contributed by atoms with E-state index in [0.29, 0.717) is 44.3 Å². The molecular weight excluding hydrogens is 339 g/mol. The van der Waals surface area contributed by atoms with E-state index >= 15 is 0 Å². The molecule has 0 spiro atoms. The summed E-state index contributed by atoms with van der Waals surface area (Å²) in [6.07, 6.45) is 3.43. The summed E-state index contributed by atoms with van der Waals surface area (Å²) in [5, 5.41) is 12.1. The average molecular weight is 362 g/mol. The molecule has 1 unspecified atom stereocenters. The zero-order valence-electron chi connectivity index (χ0n) is 14.5. The number of carbonyl (C=O) groups is 3. The molecule has 1 aromatic carbocycles. The highest BCUT2D eigenvalue weighted by Crippen LogP contribution is 2.27. The van der Waals surface area contributed by atoms with Crippen LogP contribution in [0.4, 0.5) is 4.39 Å². The average Bonchev–Trinajstić information content (AvgIpc) is 3.10. The third kappa shape index (κ3) is 4.03. The molecule has 1 aromatic rings. The molecule has 1 saturated carbocycles. The zero-order valence-corrected chi connectivity index (χ0v) is 14.5. The number of aliphatic carboxylic acids is 1. The van der Waals surface area contributed by atoms with Gasteiger partial charge in [-0.1, -0.05) is 6.42 Å². The quantitative estimate of drug-likeness (QED) is 0.858. The number of carbonyl (C=O) groups excluding carboxylic acids is 2. The number of hydrogen-bond acceptors (Lipinski definition) is 3. The molecule has 2 amide bonds. The van der Waals surface area contributed by atoms with Gasteiger partial charge in [-0.05, 0) is 49.9 Å². The molecule has 1 saturated heterocycles. The van der Waals surface area contributed by atoms with Crippen molar-refractivity contribution >= 4 is 17.8 Å². The van der Waals surface area contributed by atoms with Gasteiger partial charge in [0, 0.05) is 24.7 Å². The van der Waals surface area contributed by atoms with E-state index in [1.165, 1.54) is 24.3 Å². The van der Waals surface area contributed by atoms with E-state index in [0.717, 1.165) is 6.42 Å². The first-order chi connectivity index (χ1) is 12.5. The van der Waals surface area contributed by atoms with Crippen LogP contribution in [0.25, 0.3) is 0 Å². The maximum Gasteiger partial charge on any atom is 0.308 e. The van der Waals surface area contributed by atoms with Crippen LogP contribution in [0.5, 0.6) is 0 Å². The van der Waals surface area contributed by atoms with Gasteiger partial charge in [-0.2, -0.15) is 0 Å². The summed E-state index contributed by atoms with van der Waals surface area (Å²) in [6.45, 7) is 0.855. The first-order valence-electron chi connectivity index (χ1n) is 9.03. The van der Waals surface area contributed by atoms with Gasteiger partial charge in [0.05, 0.1) is 11.8 Å².